The molecule has 10 rings (SSSR count). The highest BCUT2D eigenvalue weighted by molar-refractivity contribution is 6.26. The normalized spacial score (nSPS) is 16.2. The number of aromatic nitrogens is 4. The van der Waals surface area contributed by atoms with Crippen LogP contribution in [0.15, 0.2) is 143 Å². The number of imidazole rings is 1. The third kappa shape index (κ3) is 8.02. The van der Waals surface area contributed by atoms with E-state index >= 15 is 0 Å². The zero-order valence-corrected chi connectivity index (χ0v) is 37.8. The molecule has 9 aromatic rings. The molecule has 68 heavy (non-hydrogen) atoms. The van der Waals surface area contributed by atoms with E-state index in [9.17, 15) is 14.7 Å². The Balaban J connectivity index is 0.971. The van der Waals surface area contributed by atoms with Crippen LogP contribution in [0.1, 0.15) is 45.5 Å². The van der Waals surface area contributed by atoms with Crippen molar-refractivity contribution in [3.05, 3.63) is 172 Å². The molecular formula is C54H47N7O7. The number of carbonyl (C=O) groups is 1. The lowest BCUT2D eigenvalue weighted by Gasteiger charge is -2.37. The molecule has 3 atom stereocenters. The first-order chi connectivity index (χ1) is 33.1. The molecule has 14 heteroatoms. The molecule has 0 spiro atoms. The van der Waals surface area contributed by atoms with Crippen molar-refractivity contribution < 1.29 is 28.8 Å². The Labute approximate surface area is 391 Å². The van der Waals surface area contributed by atoms with Gasteiger partial charge in [0.2, 0.25) is 5.95 Å². The summed E-state index contributed by atoms with van der Waals surface area (Å²) in [5, 5.41) is 21.0. The largest absolute Gasteiger partial charge is 0.497 e. The minimum Gasteiger partial charge on any atom is -0.497 e. The number of aliphatic hydroxyl groups excluding tert-OH is 1. The number of ether oxygens (including phenoxy) is 4. The summed E-state index contributed by atoms with van der Waals surface area (Å²) >= 11 is 0. The predicted octanol–water partition coefficient (Wildman–Crippen LogP) is 7.69. The summed E-state index contributed by atoms with van der Waals surface area (Å²) in [4.78, 5) is 45.4. The lowest BCUT2D eigenvalue weighted by Crippen LogP contribution is -2.38. The highest BCUT2D eigenvalue weighted by atomic mass is 16.6. The SMILES string of the molecule is COc1ccc(C(OC[C@H]2O[C@@H](n3c(C#CCNC(=O)c4ccc5ccc6cccc7ccc4c5c67)nc4c(=O)[nH]c(/N=C/N(C)C)nc43)C[C@@H]2O)(c2ccccc2)c2ccc(OC)cc2)cc1. The van der Waals surface area contributed by atoms with Gasteiger partial charge in [-0.1, -0.05) is 109 Å². The number of benzene rings is 7. The molecule has 14 nitrogen and oxygen atoms in total. The maximum Gasteiger partial charge on any atom is 0.280 e. The molecule has 0 radical (unpaired) electrons. The molecule has 1 aliphatic rings. The van der Waals surface area contributed by atoms with Gasteiger partial charge in [0.1, 0.15) is 29.4 Å². The fourth-order valence-electron chi connectivity index (χ4n) is 9.15. The lowest BCUT2D eigenvalue weighted by atomic mass is 9.80. The second-order valence-corrected chi connectivity index (χ2v) is 16.8. The molecule has 0 saturated carbocycles. The Bertz CT molecular complexity index is 3390. The van der Waals surface area contributed by atoms with Crippen LogP contribution < -0.4 is 20.3 Å². The molecule has 7 aromatic carbocycles. The standard InChI is InChI=1S/C54H47N7O7/c1-60(2)32-56-53-58-50-49(52(64)59-53)57-45(14-9-29-55-51(63)42-28-18-35-16-15-33-10-8-11-34-17-27-41(42)48(35)47(33)34)61(50)46-30-43(62)44(68-46)31-67-54(36-12-6-5-7-13-36,37-19-23-39(65-3)24-20-37)38-21-25-40(66-4)26-22-38/h5-8,10-13,15-28,32,43-44,46,62H,29-31H2,1-4H3,(H,55,63)(H,58,59,64)/b56-32+/t43-,44+,46+/m0/s1. The molecular weight excluding hydrogens is 859 g/mol. The Morgan fingerprint density at radius 3 is 2.15 bits per heavy atom. The molecule has 1 aliphatic heterocycles. The summed E-state index contributed by atoms with van der Waals surface area (Å²) in [6, 6.07) is 43.4. The van der Waals surface area contributed by atoms with Gasteiger partial charge in [-0.15, -0.1) is 0 Å². The number of fused-ring (bicyclic) bond motifs is 1. The van der Waals surface area contributed by atoms with Crippen LogP contribution in [0.4, 0.5) is 5.95 Å². The highest BCUT2D eigenvalue weighted by Crippen LogP contribution is 2.43. The Morgan fingerprint density at radius 1 is 0.853 bits per heavy atom. The zero-order chi connectivity index (χ0) is 46.9. The number of aliphatic imine (C=N–C) groups is 1. The fourth-order valence-corrected chi connectivity index (χ4v) is 9.15. The summed E-state index contributed by atoms with van der Waals surface area (Å²) in [6.45, 7) is -0.0885. The molecule has 3 heterocycles. The second-order valence-electron chi connectivity index (χ2n) is 16.8. The third-order valence-electron chi connectivity index (χ3n) is 12.4. The van der Waals surface area contributed by atoms with Gasteiger partial charge in [-0.25, -0.2) is 9.98 Å². The molecule has 1 amide bonds. The number of aliphatic hydroxyl groups is 1. The van der Waals surface area contributed by atoms with Crippen LogP contribution in [0, 0.1) is 11.8 Å². The summed E-state index contributed by atoms with van der Waals surface area (Å²) in [7, 11) is 6.83. The molecule has 0 aliphatic carbocycles. The maximum absolute atomic E-state index is 13.8. The van der Waals surface area contributed by atoms with Gasteiger partial charge in [0.25, 0.3) is 11.5 Å². The van der Waals surface area contributed by atoms with E-state index in [1.165, 1.54) is 6.34 Å². The minimum absolute atomic E-state index is 0.00989. The molecule has 1 fully saturated rings. The van der Waals surface area contributed by atoms with Gasteiger partial charge in [-0.3, -0.25) is 19.1 Å². The Hall–Kier alpha value is -8.09. The molecule has 0 bridgehead atoms. The van der Waals surface area contributed by atoms with Crippen molar-refractivity contribution >= 4 is 61.7 Å². The van der Waals surface area contributed by atoms with E-state index in [0.717, 1.165) is 49.0 Å². The van der Waals surface area contributed by atoms with Crippen molar-refractivity contribution in [2.24, 2.45) is 4.99 Å². The summed E-state index contributed by atoms with van der Waals surface area (Å²) in [6.07, 6.45) is -1.14. The van der Waals surface area contributed by atoms with Crippen LogP contribution in [0.3, 0.4) is 0 Å². The van der Waals surface area contributed by atoms with Crippen molar-refractivity contribution in [1.82, 2.24) is 29.7 Å². The number of methoxy groups -OCH3 is 2. The van der Waals surface area contributed by atoms with Gasteiger partial charge >= 0.3 is 0 Å². The van der Waals surface area contributed by atoms with Crippen LogP contribution in [-0.4, -0.2) is 95.4 Å². The minimum atomic E-state index is -1.17. The molecule has 1 saturated heterocycles. The van der Waals surface area contributed by atoms with E-state index in [0.29, 0.717) is 17.1 Å². The van der Waals surface area contributed by atoms with E-state index in [-0.39, 0.29) is 48.4 Å². The number of hydrogen-bond acceptors (Lipinski definition) is 10. The van der Waals surface area contributed by atoms with Crippen molar-refractivity contribution in [3.63, 3.8) is 0 Å². The van der Waals surface area contributed by atoms with Crippen molar-refractivity contribution in [2.75, 3.05) is 41.5 Å². The number of hydrogen-bond donors (Lipinski definition) is 3. The number of nitrogens with zero attached hydrogens (tertiary/aromatic N) is 5. The van der Waals surface area contributed by atoms with Crippen LogP contribution in [-0.2, 0) is 15.1 Å². The van der Waals surface area contributed by atoms with E-state index in [2.05, 4.69) is 61.4 Å². The molecule has 2 aromatic heterocycles. The fraction of sp³-hybridized carbons (Fsp3) is 0.204. The summed E-state index contributed by atoms with van der Waals surface area (Å²) < 4.78 is 26.4. The van der Waals surface area contributed by atoms with Gasteiger partial charge in [-0.2, -0.15) is 4.98 Å². The van der Waals surface area contributed by atoms with Gasteiger partial charge in [0, 0.05) is 26.1 Å². The highest BCUT2D eigenvalue weighted by Gasteiger charge is 2.43. The topological polar surface area (TPSA) is 165 Å². The number of nitrogens with one attached hydrogen (secondary N) is 2. The van der Waals surface area contributed by atoms with Crippen molar-refractivity contribution in [2.45, 2.75) is 30.5 Å². The smallest absolute Gasteiger partial charge is 0.280 e. The third-order valence-corrected chi connectivity index (χ3v) is 12.4. The zero-order valence-electron chi connectivity index (χ0n) is 37.8. The van der Waals surface area contributed by atoms with E-state index < -0.39 is 29.6 Å². The number of amides is 1. The maximum atomic E-state index is 13.8. The Kier molecular flexibility index (Phi) is 11.8. The number of carbonyl (C=O) groups excluding carboxylic acids is 1. The monoisotopic (exact) mass is 905 g/mol. The Morgan fingerprint density at radius 2 is 1.49 bits per heavy atom. The average Bonchev–Trinajstić information content (AvgIpc) is 3.93. The average molecular weight is 906 g/mol. The van der Waals surface area contributed by atoms with E-state index in [1.807, 2.05) is 109 Å². The van der Waals surface area contributed by atoms with Crippen LogP contribution >= 0.6 is 0 Å². The quantitative estimate of drug-likeness (QED) is 0.0344. The number of aromatic amines is 1. The number of H-pyrrole nitrogens is 1. The molecule has 3 N–H and O–H groups in total. The first-order valence-electron chi connectivity index (χ1n) is 22.1. The molecule has 0 unspecified atom stereocenters. The van der Waals surface area contributed by atoms with Crippen LogP contribution in [0.5, 0.6) is 11.5 Å². The van der Waals surface area contributed by atoms with Crippen LogP contribution in [0.2, 0.25) is 0 Å². The van der Waals surface area contributed by atoms with Crippen molar-refractivity contribution in [3.8, 4) is 23.3 Å². The summed E-state index contributed by atoms with van der Waals surface area (Å²) in [5.41, 5.74) is 1.48. The van der Waals surface area contributed by atoms with Crippen LogP contribution in [0.25, 0.3) is 43.5 Å². The molecule has 340 valence electrons. The second kappa shape index (κ2) is 18.3. The van der Waals surface area contributed by atoms with Gasteiger partial charge < -0.3 is 34.3 Å². The van der Waals surface area contributed by atoms with Gasteiger partial charge in [0.15, 0.2) is 17.0 Å². The summed E-state index contributed by atoms with van der Waals surface area (Å²) in [5.74, 6) is 7.38. The first-order valence-corrected chi connectivity index (χ1v) is 22.1. The van der Waals surface area contributed by atoms with Crippen molar-refractivity contribution in [1.29, 1.82) is 0 Å². The predicted molar refractivity (Wildman–Crippen MR) is 262 cm³/mol. The lowest BCUT2D eigenvalue weighted by molar-refractivity contribution is -0.0932. The van der Waals surface area contributed by atoms with E-state index in [1.54, 1.807) is 37.8 Å². The van der Waals surface area contributed by atoms with E-state index in [4.69, 9.17) is 18.9 Å². The number of rotatable bonds is 13. The van der Waals surface area contributed by atoms with Gasteiger partial charge in [0.05, 0.1) is 39.8 Å². The first kappa shape index (κ1) is 43.8. The van der Waals surface area contributed by atoms with Gasteiger partial charge in [-0.05, 0) is 85.3 Å².